The number of hydrogen-bond donors (Lipinski definition) is 0. The first-order valence-electron chi connectivity index (χ1n) is 7.70. The molecule has 3 aliphatic heterocycles. The van der Waals surface area contributed by atoms with E-state index in [1.54, 1.807) is 17.0 Å². The number of alkyl halides is 2. The third-order valence-corrected chi connectivity index (χ3v) is 5.10. The number of ether oxygens (including phenoxy) is 2. The number of nitriles is 1. The molecule has 26 heavy (non-hydrogen) atoms. The number of aliphatic imine (C=N–C) groups is 1. The second-order valence-electron chi connectivity index (χ2n) is 6.01. The number of fused-ring (bicyclic) bond motifs is 3. The SMILES string of the molecule is N#CC1=CN2C[C@@]3(CCOc4c3ccc(Br)c4F)N=C2C(OC(F)F)=C1. The molecule has 134 valence electrons. The van der Waals surface area contributed by atoms with Gasteiger partial charge in [-0.05, 0) is 22.0 Å². The Labute approximate surface area is 155 Å². The highest BCUT2D eigenvalue weighted by molar-refractivity contribution is 9.10. The monoisotopic (exact) mass is 425 g/mol. The summed E-state index contributed by atoms with van der Waals surface area (Å²) in [4.78, 5) is 6.20. The van der Waals surface area contributed by atoms with Crippen molar-refractivity contribution in [2.45, 2.75) is 18.6 Å². The average molecular weight is 426 g/mol. The van der Waals surface area contributed by atoms with E-state index >= 15 is 0 Å². The van der Waals surface area contributed by atoms with Crippen LogP contribution in [0.25, 0.3) is 0 Å². The highest BCUT2D eigenvalue weighted by Gasteiger charge is 2.47. The summed E-state index contributed by atoms with van der Waals surface area (Å²) in [5.74, 6) is -0.416. The summed E-state index contributed by atoms with van der Waals surface area (Å²) in [6.45, 7) is -2.54. The molecule has 0 saturated carbocycles. The Morgan fingerprint density at radius 3 is 2.96 bits per heavy atom. The Morgan fingerprint density at radius 2 is 2.23 bits per heavy atom. The summed E-state index contributed by atoms with van der Waals surface area (Å²) in [5, 5.41) is 9.14. The molecule has 3 heterocycles. The predicted octanol–water partition coefficient (Wildman–Crippen LogP) is 3.82. The normalized spacial score (nSPS) is 23.5. The van der Waals surface area contributed by atoms with Gasteiger partial charge in [0.2, 0.25) is 0 Å². The molecule has 0 saturated heterocycles. The minimum Gasteiger partial charge on any atom is -0.490 e. The molecule has 1 atom stereocenters. The van der Waals surface area contributed by atoms with E-state index in [9.17, 15) is 13.2 Å². The van der Waals surface area contributed by atoms with E-state index in [1.165, 1.54) is 12.3 Å². The average Bonchev–Trinajstić information content (AvgIpc) is 2.97. The van der Waals surface area contributed by atoms with E-state index < -0.39 is 18.0 Å². The van der Waals surface area contributed by atoms with Crippen LogP contribution >= 0.6 is 15.9 Å². The molecule has 9 heteroatoms. The standard InChI is InChI=1S/C17H11BrF3N3O2/c18-11-2-1-10-14(13(11)19)25-4-3-17(10)8-24-7-9(6-22)5-12(15(24)23-17)26-16(20)21/h1-2,5,7,16H,3-4,8H2/t17-/m1/s1. The first-order valence-corrected chi connectivity index (χ1v) is 8.49. The van der Waals surface area contributed by atoms with Crippen molar-refractivity contribution in [3.8, 4) is 11.8 Å². The number of halogens is 4. The van der Waals surface area contributed by atoms with E-state index in [2.05, 4.69) is 25.7 Å². The Balaban J connectivity index is 1.83. The molecule has 1 spiro atoms. The van der Waals surface area contributed by atoms with Crippen molar-refractivity contribution in [2.75, 3.05) is 13.2 Å². The Hall–Kier alpha value is -2.47. The van der Waals surface area contributed by atoms with Gasteiger partial charge in [0.05, 0.1) is 23.2 Å². The van der Waals surface area contributed by atoms with Crippen LogP contribution in [0, 0.1) is 17.1 Å². The number of amidine groups is 1. The van der Waals surface area contributed by atoms with Crippen LogP contribution in [0.5, 0.6) is 5.75 Å². The molecule has 0 unspecified atom stereocenters. The van der Waals surface area contributed by atoms with Gasteiger partial charge in [0, 0.05) is 24.3 Å². The maximum atomic E-state index is 14.4. The molecule has 0 fully saturated rings. The van der Waals surface area contributed by atoms with Crippen molar-refractivity contribution < 1.29 is 22.6 Å². The molecule has 0 radical (unpaired) electrons. The summed E-state index contributed by atoms with van der Waals surface area (Å²) >= 11 is 3.13. The Morgan fingerprint density at radius 1 is 1.42 bits per heavy atom. The predicted molar refractivity (Wildman–Crippen MR) is 88.9 cm³/mol. The minimum atomic E-state index is -3.05. The lowest BCUT2D eigenvalue weighted by molar-refractivity contribution is -0.0906. The van der Waals surface area contributed by atoms with Crippen molar-refractivity contribution >= 4 is 21.8 Å². The molecule has 5 nitrogen and oxygen atoms in total. The van der Waals surface area contributed by atoms with Crippen LogP contribution in [0.3, 0.4) is 0 Å². The Bertz CT molecular complexity index is 923. The van der Waals surface area contributed by atoms with E-state index in [0.29, 0.717) is 12.0 Å². The highest BCUT2D eigenvalue weighted by atomic mass is 79.9. The van der Waals surface area contributed by atoms with Gasteiger partial charge in [0.25, 0.3) is 0 Å². The summed E-state index contributed by atoms with van der Waals surface area (Å²) in [6.07, 6.45) is 3.19. The maximum Gasteiger partial charge on any atom is 0.387 e. The van der Waals surface area contributed by atoms with Crippen molar-refractivity contribution in [1.82, 2.24) is 4.90 Å². The first kappa shape index (κ1) is 17.0. The fraction of sp³-hybridized carbons (Fsp3) is 0.294. The van der Waals surface area contributed by atoms with Crippen LogP contribution in [0.2, 0.25) is 0 Å². The zero-order valence-corrected chi connectivity index (χ0v) is 14.8. The van der Waals surface area contributed by atoms with Crippen LogP contribution in [0.15, 0.2) is 45.2 Å². The molecule has 0 bridgehead atoms. The fourth-order valence-corrected chi connectivity index (χ4v) is 3.71. The van der Waals surface area contributed by atoms with Gasteiger partial charge in [-0.25, -0.2) is 4.39 Å². The first-order chi connectivity index (χ1) is 12.4. The number of nitrogens with zero attached hydrogens (tertiary/aromatic N) is 3. The number of hydrogen-bond acceptors (Lipinski definition) is 5. The van der Waals surface area contributed by atoms with Crippen LogP contribution in [-0.2, 0) is 10.3 Å². The summed E-state index contributed by atoms with van der Waals surface area (Å²) in [7, 11) is 0. The van der Waals surface area contributed by atoms with E-state index in [4.69, 9.17) is 10.00 Å². The zero-order chi connectivity index (χ0) is 18.5. The van der Waals surface area contributed by atoms with Gasteiger partial charge in [-0.1, -0.05) is 6.07 Å². The smallest absolute Gasteiger partial charge is 0.387 e. The third-order valence-electron chi connectivity index (χ3n) is 4.48. The van der Waals surface area contributed by atoms with Crippen LogP contribution < -0.4 is 4.74 Å². The van der Waals surface area contributed by atoms with Crippen molar-refractivity contribution in [3.63, 3.8) is 0 Å². The van der Waals surface area contributed by atoms with Gasteiger partial charge in [-0.2, -0.15) is 14.0 Å². The molecule has 4 rings (SSSR count). The van der Waals surface area contributed by atoms with E-state index in [0.717, 1.165) is 0 Å². The van der Waals surface area contributed by atoms with E-state index in [-0.39, 0.29) is 40.5 Å². The lowest BCUT2D eigenvalue weighted by Gasteiger charge is -2.33. The van der Waals surface area contributed by atoms with Gasteiger partial charge in [0.15, 0.2) is 23.2 Å². The molecule has 0 N–H and O–H groups in total. The lowest BCUT2D eigenvalue weighted by atomic mass is 9.85. The number of allylic oxidation sites excluding steroid dienone is 2. The van der Waals surface area contributed by atoms with Crippen LogP contribution in [0.4, 0.5) is 13.2 Å². The van der Waals surface area contributed by atoms with Crippen molar-refractivity contribution in [3.05, 3.63) is 51.6 Å². The largest absolute Gasteiger partial charge is 0.490 e. The molecular formula is C17H11BrF3N3O2. The van der Waals surface area contributed by atoms with Crippen LogP contribution in [-0.4, -0.2) is 30.5 Å². The third kappa shape index (κ3) is 2.56. The second-order valence-corrected chi connectivity index (χ2v) is 6.87. The summed E-state index contributed by atoms with van der Waals surface area (Å²) in [6, 6.07) is 5.18. The minimum absolute atomic E-state index is 0.0969. The fourth-order valence-electron chi connectivity index (χ4n) is 3.39. The lowest BCUT2D eigenvalue weighted by Crippen LogP contribution is -2.37. The van der Waals surface area contributed by atoms with Crippen molar-refractivity contribution in [1.29, 1.82) is 5.26 Å². The van der Waals surface area contributed by atoms with Crippen molar-refractivity contribution in [2.24, 2.45) is 4.99 Å². The second kappa shape index (κ2) is 6.06. The summed E-state index contributed by atoms with van der Waals surface area (Å²) in [5.41, 5.74) is -0.156. The molecule has 1 aromatic rings. The molecule has 0 aliphatic carbocycles. The van der Waals surface area contributed by atoms with Gasteiger partial charge < -0.3 is 14.4 Å². The summed E-state index contributed by atoms with van der Waals surface area (Å²) < 4.78 is 50.3. The zero-order valence-electron chi connectivity index (χ0n) is 13.2. The molecule has 0 amide bonds. The van der Waals surface area contributed by atoms with Gasteiger partial charge in [0.1, 0.15) is 11.6 Å². The highest BCUT2D eigenvalue weighted by Crippen LogP contribution is 2.47. The quantitative estimate of drug-likeness (QED) is 0.722. The number of rotatable bonds is 2. The number of benzene rings is 1. The van der Waals surface area contributed by atoms with Gasteiger partial charge in [-0.15, -0.1) is 0 Å². The topological polar surface area (TPSA) is 57.9 Å². The van der Waals surface area contributed by atoms with Gasteiger partial charge in [-0.3, -0.25) is 4.99 Å². The maximum absolute atomic E-state index is 14.4. The molecule has 0 aromatic heterocycles. The molecule has 1 aromatic carbocycles. The Kier molecular flexibility index (Phi) is 3.95. The van der Waals surface area contributed by atoms with Crippen LogP contribution in [0.1, 0.15) is 12.0 Å². The molecular weight excluding hydrogens is 415 g/mol. The molecule has 3 aliphatic rings. The van der Waals surface area contributed by atoms with Gasteiger partial charge >= 0.3 is 6.61 Å². The van der Waals surface area contributed by atoms with E-state index in [1.807, 2.05) is 6.07 Å².